The number of sulfone groups is 1. The third-order valence-corrected chi connectivity index (χ3v) is 10.6. The van der Waals surface area contributed by atoms with E-state index in [0.717, 1.165) is 22.3 Å². The molecule has 0 amide bonds. The van der Waals surface area contributed by atoms with Gasteiger partial charge in [0.05, 0.1) is 23.5 Å². The Kier molecular flexibility index (Phi) is 7.36. The molecular formula is C32H28Cl2N4O2S. The lowest BCUT2D eigenvalue weighted by Gasteiger charge is -2.28. The second-order valence-corrected chi connectivity index (χ2v) is 13.5. The monoisotopic (exact) mass is 602 g/mol. The molecule has 41 heavy (non-hydrogen) atoms. The molecule has 4 atom stereocenters. The van der Waals surface area contributed by atoms with Gasteiger partial charge in [-0.25, -0.2) is 8.42 Å². The van der Waals surface area contributed by atoms with Crippen LogP contribution in [-0.2, 0) is 9.84 Å². The van der Waals surface area contributed by atoms with Crippen molar-refractivity contribution < 1.29 is 8.42 Å². The van der Waals surface area contributed by atoms with Crippen molar-refractivity contribution in [2.45, 2.75) is 36.4 Å². The molecule has 0 radical (unpaired) electrons. The van der Waals surface area contributed by atoms with E-state index in [0.29, 0.717) is 32.6 Å². The van der Waals surface area contributed by atoms with Gasteiger partial charge < -0.3 is 10.9 Å². The Morgan fingerprint density at radius 1 is 0.561 bits per heavy atom. The first kappa shape index (κ1) is 27.5. The molecule has 0 aliphatic carbocycles. The quantitative estimate of drug-likeness (QED) is 0.262. The van der Waals surface area contributed by atoms with Crippen LogP contribution in [0.3, 0.4) is 0 Å². The number of nitrogens with one attached hydrogen (secondary N) is 2. The Hall–Kier alpha value is -3.65. The zero-order valence-corrected chi connectivity index (χ0v) is 24.8. The molecule has 6 rings (SSSR count). The summed E-state index contributed by atoms with van der Waals surface area (Å²) in [5.41, 5.74) is 12.4. The van der Waals surface area contributed by atoms with Crippen molar-refractivity contribution in [3.8, 4) is 0 Å². The molecule has 2 N–H and O–H groups in total. The highest BCUT2D eigenvalue weighted by Gasteiger charge is 2.52. The van der Waals surface area contributed by atoms with Gasteiger partial charge in [0.2, 0.25) is 0 Å². The van der Waals surface area contributed by atoms with Crippen LogP contribution in [-0.4, -0.2) is 30.3 Å². The topological polar surface area (TPSA) is 82.9 Å². The van der Waals surface area contributed by atoms with E-state index < -0.39 is 32.4 Å². The smallest absolute Gasteiger partial charge is 0.172 e. The molecule has 0 saturated heterocycles. The van der Waals surface area contributed by atoms with Gasteiger partial charge in [-0.2, -0.15) is 10.2 Å². The Morgan fingerprint density at radius 3 is 1.24 bits per heavy atom. The molecule has 208 valence electrons. The maximum atomic E-state index is 15.1. The van der Waals surface area contributed by atoms with Crippen molar-refractivity contribution in [3.63, 3.8) is 0 Å². The second-order valence-electron chi connectivity index (χ2n) is 10.5. The summed E-state index contributed by atoms with van der Waals surface area (Å²) < 4.78 is 30.3. The summed E-state index contributed by atoms with van der Waals surface area (Å²) >= 11 is 12.4. The first-order valence-corrected chi connectivity index (χ1v) is 15.6. The SMILES string of the molecule is Cc1ccc(C2NN=C(c3ccc(Cl)cc3)C2S(=O)(=O)C2C(c3ccc(Cl)cc3)=NNC2c2ccc(C)cc2)cc1. The van der Waals surface area contributed by atoms with Crippen LogP contribution >= 0.6 is 23.2 Å². The number of rotatable bonds is 6. The van der Waals surface area contributed by atoms with Crippen LogP contribution in [0.2, 0.25) is 10.0 Å². The fourth-order valence-corrected chi connectivity index (χ4v) is 8.21. The minimum absolute atomic E-state index is 0.442. The lowest BCUT2D eigenvalue weighted by atomic mass is 9.97. The van der Waals surface area contributed by atoms with Crippen LogP contribution in [0.5, 0.6) is 0 Å². The summed E-state index contributed by atoms with van der Waals surface area (Å²) in [4.78, 5) is 0. The molecule has 4 unspecified atom stereocenters. The number of halogens is 2. The maximum Gasteiger partial charge on any atom is 0.172 e. The third kappa shape index (κ3) is 5.25. The van der Waals surface area contributed by atoms with Crippen LogP contribution in [0, 0.1) is 13.8 Å². The van der Waals surface area contributed by atoms with Gasteiger partial charge in [0.1, 0.15) is 10.5 Å². The normalized spacial score (nSPS) is 22.0. The third-order valence-electron chi connectivity index (χ3n) is 7.65. The Bertz CT molecular complexity index is 1610. The van der Waals surface area contributed by atoms with E-state index in [1.165, 1.54) is 0 Å². The summed E-state index contributed by atoms with van der Waals surface area (Å²) in [7, 11) is -4.02. The summed E-state index contributed by atoms with van der Waals surface area (Å²) in [6.07, 6.45) is 0. The second kappa shape index (κ2) is 11.0. The number of benzene rings is 4. The molecule has 9 heteroatoms. The summed E-state index contributed by atoms with van der Waals surface area (Å²) in [5, 5.41) is 8.37. The molecular weight excluding hydrogens is 575 g/mol. The number of aryl methyl sites for hydroxylation is 2. The molecule has 2 aliphatic heterocycles. The molecule has 0 spiro atoms. The predicted octanol–water partition coefficient (Wildman–Crippen LogP) is 6.56. The zero-order valence-electron chi connectivity index (χ0n) is 22.4. The first-order chi connectivity index (χ1) is 19.7. The van der Waals surface area contributed by atoms with Crippen molar-refractivity contribution in [1.29, 1.82) is 0 Å². The van der Waals surface area contributed by atoms with Crippen LogP contribution in [0.15, 0.2) is 107 Å². The van der Waals surface area contributed by atoms with Crippen molar-refractivity contribution >= 4 is 44.5 Å². The molecule has 0 saturated carbocycles. The lowest BCUT2D eigenvalue weighted by molar-refractivity contribution is 0.538. The van der Waals surface area contributed by atoms with E-state index in [-0.39, 0.29) is 0 Å². The molecule has 2 aliphatic rings. The van der Waals surface area contributed by atoms with Crippen molar-refractivity contribution in [1.82, 2.24) is 10.9 Å². The number of nitrogens with zero attached hydrogens (tertiary/aromatic N) is 2. The number of hydrogen-bond acceptors (Lipinski definition) is 6. The molecule has 0 fully saturated rings. The van der Waals surface area contributed by atoms with Crippen molar-refractivity contribution in [2.24, 2.45) is 10.2 Å². The highest BCUT2D eigenvalue weighted by molar-refractivity contribution is 7.94. The number of hydrogen-bond donors (Lipinski definition) is 2. The molecule has 0 bridgehead atoms. The van der Waals surface area contributed by atoms with E-state index in [1.807, 2.05) is 62.4 Å². The lowest BCUT2D eigenvalue weighted by Crippen LogP contribution is -2.46. The maximum absolute atomic E-state index is 15.1. The Balaban J connectivity index is 1.51. The van der Waals surface area contributed by atoms with E-state index in [1.54, 1.807) is 48.5 Å². The van der Waals surface area contributed by atoms with Crippen molar-refractivity contribution in [2.75, 3.05) is 0 Å². The van der Waals surface area contributed by atoms with E-state index >= 15 is 8.42 Å². The first-order valence-electron chi connectivity index (χ1n) is 13.3. The van der Waals surface area contributed by atoms with Gasteiger partial charge in [-0.05, 0) is 60.4 Å². The molecule has 2 heterocycles. The molecule has 6 nitrogen and oxygen atoms in total. The Morgan fingerprint density at radius 2 is 0.902 bits per heavy atom. The van der Waals surface area contributed by atoms with Crippen molar-refractivity contribution in [3.05, 3.63) is 140 Å². The number of hydrazone groups is 2. The standard InChI is InChI=1S/C32H28Cl2N4O2S/c1-19-3-7-21(8-4-19)27-31(29(37-35-27)23-11-15-25(33)16-12-23)41(39,40)32-28(22-9-5-20(2)6-10-22)36-38-30(32)24-13-17-26(34)18-14-24/h3-18,27-28,31-32,35-36H,1-2H3. The fraction of sp³-hybridized carbons (Fsp3) is 0.188. The zero-order chi connectivity index (χ0) is 28.7. The average Bonchev–Trinajstić information content (AvgIpc) is 3.61. The summed E-state index contributed by atoms with van der Waals surface area (Å²) in [6.45, 7) is 4.00. The van der Waals surface area contributed by atoms with E-state index in [4.69, 9.17) is 23.2 Å². The van der Waals surface area contributed by atoms with Crippen LogP contribution < -0.4 is 10.9 Å². The highest BCUT2D eigenvalue weighted by Crippen LogP contribution is 2.39. The van der Waals surface area contributed by atoms with Gasteiger partial charge in [0, 0.05) is 10.0 Å². The predicted molar refractivity (Wildman–Crippen MR) is 167 cm³/mol. The largest absolute Gasteiger partial charge is 0.301 e. The summed E-state index contributed by atoms with van der Waals surface area (Å²) in [5.74, 6) is 0. The van der Waals surface area contributed by atoms with Gasteiger partial charge >= 0.3 is 0 Å². The Labute approximate surface area is 250 Å². The van der Waals surface area contributed by atoms with Crippen LogP contribution in [0.1, 0.15) is 45.5 Å². The minimum Gasteiger partial charge on any atom is -0.301 e. The minimum atomic E-state index is -4.02. The average molecular weight is 604 g/mol. The van der Waals surface area contributed by atoms with Gasteiger partial charge in [-0.1, -0.05) is 107 Å². The van der Waals surface area contributed by atoms with Gasteiger partial charge in [0.25, 0.3) is 0 Å². The van der Waals surface area contributed by atoms with Gasteiger partial charge in [0.15, 0.2) is 9.84 Å². The van der Waals surface area contributed by atoms with Crippen LogP contribution in [0.25, 0.3) is 0 Å². The van der Waals surface area contributed by atoms with Gasteiger partial charge in [-0.15, -0.1) is 0 Å². The fourth-order valence-electron chi connectivity index (χ4n) is 5.45. The van der Waals surface area contributed by atoms with Crippen LogP contribution in [0.4, 0.5) is 0 Å². The van der Waals surface area contributed by atoms with E-state index in [2.05, 4.69) is 21.1 Å². The highest BCUT2D eigenvalue weighted by atomic mass is 35.5. The summed E-state index contributed by atoms with van der Waals surface area (Å²) in [6, 6.07) is 28.7. The molecule has 4 aromatic rings. The van der Waals surface area contributed by atoms with E-state index in [9.17, 15) is 0 Å². The molecule has 4 aromatic carbocycles. The molecule has 0 aromatic heterocycles. The van der Waals surface area contributed by atoms with Gasteiger partial charge in [-0.3, -0.25) is 0 Å².